The van der Waals surface area contributed by atoms with Crippen molar-refractivity contribution in [3.8, 4) is 0 Å². The van der Waals surface area contributed by atoms with Crippen LogP contribution in [0.15, 0.2) is 24.3 Å². The van der Waals surface area contributed by atoms with Gasteiger partial charge in [-0.05, 0) is 37.3 Å². The minimum Gasteiger partial charge on any atom is -0.374 e. The second-order valence-electron chi connectivity index (χ2n) is 6.21. The monoisotopic (exact) mass is 276 g/mol. The van der Waals surface area contributed by atoms with Crippen LogP contribution in [0.1, 0.15) is 51.0 Å². The first kappa shape index (κ1) is 15.3. The smallest absolute Gasteiger partial charge is 0.139 e. The number of nitrogens with zero attached hydrogens (tertiary/aromatic N) is 1. The molecule has 0 saturated heterocycles. The Morgan fingerprint density at radius 3 is 2.65 bits per heavy atom. The minimum absolute atomic E-state index is 0.517. The van der Waals surface area contributed by atoms with Gasteiger partial charge >= 0.3 is 0 Å². The van der Waals surface area contributed by atoms with Gasteiger partial charge in [0.15, 0.2) is 0 Å². The van der Waals surface area contributed by atoms with Crippen LogP contribution >= 0.6 is 0 Å². The lowest BCUT2D eigenvalue weighted by molar-refractivity contribution is 0.0395. The Balaban J connectivity index is 2.06. The maximum absolute atomic E-state index is 10.2. The van der Waals surface area contributed by atoms with Crippen molar-refractivity contribution in [2.24, 2.45) is 11.7 Å². The van der Waals surface area contributed by atoms with Crippen molar-refractivity contribution in [1.29, 1.82) is 0 Å². The summed E-state index contributed by atoms with van der Waals surface area (Å²) in [5, 5.41) is 10.2. The lowest BCUT2D eigenvalue weighted by atomic mass is 9.89. The summed E-state index contributed by atoms with van der Waals surface area (Å²) >= 11 is 0. The van der Waals surface area contributed by atoms with E-state index in [0.29, 0.717) is 6.42 Å². The lowest BCUT2D eigenvalue weighted by Crippen LogP contribution is -2.35. The third-order valence-corrected chi connectivity index (χ3v) is 4.58. The predicted molar refractivity (Wildman–Crippen MR) is 84.7 cm³/mol. The second-order valence-corrected chi connectivity index (χ2v) is 6.21. The van der Waals surface area contributed by atoms with E-state index in [-0.39, 0.29) is 0 Å². The van der Waals surface area contributed by atoms with E-state index >= 15 is 0 Å². The first-order chi connectivity index (χ1) is 9.53. The molecule has 0 amide bonds. The SMILES string of the molecule is CCC(N)(O)c1cccc(N(C)CC2CCCCC2)c1. The number of aliphatic hydroxyl groups is 1. The van der Waals surface area contributed by atoms with E-state index in [4.69, 9.17) is 5.73 Å². The fourth-order valence-corrected chi connectivity index (χ4v) is 3.08. The molecule has 3 heteroatoms. The van der Waals surface area contributed by atoms with Crippen molar-refractivity contribution in [2.75, 3.05) is 18.5 Å². The summed E-state index contributed by atoms with van der Waals surface area (Å²) < 4.78 is 0. The van der Waals surface area contributed by atoms with Crippen LogP contribution in [-0.2, 0) is 5.72 Å². The molecule has 0 bridgehead atoms. The molecule has 1 atom stereocenters. The second kappa shape index (κ2) is 6.59. The summed E-state index contributed by atoms with van der Waals surface area (Å²) in [5.74, 6) is 0.806. The maximum Gasteiger partial charge on any atom is 0.139 e. The zero-order valence-corrected chi connectivity index (χ0v) is 12.8. The molecule has 2 rings (SSSR count). The highest BCUT2D eigenvalue weighted by Crippen LogP contribution is 2.27. The number of anilines is 1. The van der Waals surface area contributed by atoms with Gasteiger partial charge in [-0.1, -0.05) is 38.3 Å². The number of benzene rings is 1. The summed E-state index contributed by atoms with van der Waals surface area (Å²) in [6.45, 7) is 3.00. The lowest BCUT2D eigenvalue weighted by Gasteiger charge is -2.29. The van der Waals surface area contributed by atoms with Gasteiger partial charge < -0.3 is 10.0 Å². The van der Waals surface area contributed by atoms with Crippen LogP contribution in [-0.4, -0.2) is 18.7 Å². The Morgan fingerprint density at radius 1 is 1.30 bits per heavy atom. The Bertz CT molecular complexity index is 425. The van der Waals surface area contributed by atoms with Gasteiger partial charge in [0.25, 0.3) is 0 Å². The summed E-state index contributed by atoms with van der Waals surface area (Å²) in [4.78, 5) is 2.30. The van der Waals surface area contributed by atoms with Crippen molar-refractivity contribution >= 4 is 5.69 Å². The molecule has 1 aromatic rings. The van der Waals surface area contributed by atoms with Gasteiger partial charge in [-0.3, -0.25) is 5.73 Å². The molecule has 112 valence electrons. The van der Waals surface area contributed by atoms with Crippen LogP contribution in [0.2, 0.25) is 0 Å². The van der Waals surface area contributed by atoms with Gasteiger partial charge in [-0.25, -0.2) is 0 Å². The Labute approximate surface area is 122 Å². The molecule has 3 N–H and O–H groups in total. The van der Waals surface area contributed by atoms with Crippen molar-refractivity contribution in [3.05, 3.63) is 29.8 Å². The zero-order chi connectivity index (χ0) is 14.6. The molecule has 3 nitrogen and oxygen atoms in total. The van der Waals surface area contributed by atoms with Gasteiger partial charge in [0.2, 0.25) is 0 Å². The topological polar surface area (TPSA) is 49.5 Å². The molecule has 0 aliphatic heterocycles. The van der Waals surface area contributed by atoms with Crippen molar-refractivity contribution in [1.82, 2.24) is 0 Å². The van der Waals surface area contributed by atoms with E-state index in [1.807, 2.05) is 25.1 Å². The average molecular weight is 276 g/mol. The third kappa shape index (κ3) is 3.74. The summed E-state index contributed by atoms with van der Waals surface area (Å²) in [6, 6.07) is 8.00. The molecule has 0 spiro atoms. The Hall–Kier alpha value is -1.06. The number of nitrogens with two attached hydrogens (primary N) is 1. The largest absolute Gasteiger partial charge is 0.374 e. The van der Waals surface area contributed by atoms with E-state index < -0.39 is 5.72 Å². The fourth-order valence-electron chi connectivity index (χ4n) is 3.08. The van der Waals surface area contributed by atoms with Crippen LogP contribution < -0.4 is 10.6 Å². The molecular weight excluding hydrogens is 248 g/mol. The normalized spacial score (nSPS) is 19.6. The highest BCUT2D eigenvalue weighted by Gasteiger charge is 2.22. The predicted octanol–water partition coefficient (Wildman–Crippen LogP) is 3.22. The number of hydrogen-bond donors (Lipinski definition) is 2. The van der Waals surface area contributed by atoms with Crippen molar-refractivity contribution in [2.45, 2.75) is 51.2 Å². The average Bonchev–Trinajstić information content (AvgIpc) is 2.48. The van der Waals surface area contributed by atoms with Gasteiger partial charge in [-0.2, -0.15) is 0 Å². The Kier molecular flexibility index (Phi) is 5.06. The first-order valence-corrected chi connectivity index (χ1v) is 7.86. The first-order valence-electron chi connectivity index (χ1n) is 7.86. The van der Waals surface area contributed by atoms with Crippen LogP contribution in [0.3, 0.4) is 0 Å². The Morgan fingerprint density at radius 2 is 2.00 bits per heavy atom. The van der Waals surface area contributed by atoms with Crippen LogP contribution in [0, 0.1) is 5.92 Å². The highest BCUT2D eigenvalue weighted by molar-refractivity contribution is 5.49. The van der Waals surface area contributed by atoms with Gasteiger partial charge in [0.05, 0.1) is 0 Å². The standard InChI is InChI=1S/C17H28N2O/c1-3-17(18,20)15-10-7-11-16(12-15)19(2)13-14-8-5-4-6-9-14/h7,10-12,14,20H,3-6,8-9,13,18H2,1-2H3. The molecule has 0 aromatic heterocycles. The summed E-state index contributed by atoms with van der Waals surface area (Å²) in [6.07, 6.45) is 7.35. The van der Waals surface area contributed by atoms with Gasteiger partial charge in [0, 0.05) is 24.8 Å². The number of rotatable bonds is 5. The quantitative estimate of drug-likeness (QED) is 0.812. The molecule has 1 aliphatic carbocycles. The molecule has 1 aromatic carbocycles. The van der Waals surface area contributed by atoms with E-state index in [1.165, 1.54) is 32.1 Å². The molecule has 1 saturated carbocycles. The summed E-state index contributed by atoms with van der Waals surface area (Å²) in [5.41, 5.74) is 6.65. The minimum atomic E-state index is -1.22. The molecule has 0 heterocycles. The van der Waals surface area contributed by atoms with Crippen LogP contribution in [0.25, 0.3) is 0 Å². The van der Waals surface area contributed by atoms with E-state index in [2.05, 4.69) is 18.0 Å². The van der Waals surface area contributed by atoms with Gasteiger partial charge in [0.1, 0.15) is 5.72 Å². The molecule has 0 radical (unpaired) electrons. The third-order valence-electron chi connectivity index (χ3n) is 4.58. The van der Waals surface area contributed by atoms with Gasteiger partial charge in [-0.15, -0.1) is 0 Å². The maximum atomic E-state index is 10.2. The van der Waals surface area contributed by atoms with E-state index in [1.54, 1.807) is 0 Å². The van der Waals surface area contributed by atoms with E-state index in [0.717, 1.165) is 23.7 Å². The van der Waals surface area contributed by atoms with Crippen LogP contribution in [0.4, 0.5) is 5.69 Å². The number of hydrogen-bond acceptors (Lipinski definition) is 3. The van der Waals surface area contributed by atoms with Crippen molar-refractivity contribution in [3.63, 3.8) is 0 Å². The van der Waals surface area contributed by atoms with Crippen molar-refractivity contribution < 1.29 is 5.11 Å². The zero-order valence-electron chi connectivity index (χ0n) is 12.8. The van der Waals surface area contributed by atoms with Crippen LogP contribution in [0.5, 0.6) is 0 Å². The highest BCUT2D eigenvalue weighted by atomic mass is 16.3. The molecule has 1 unspecified atom stereocenters. The molecule has 20 heavy (non-hydrogen) atoms. The fraction of sp³-hybridized carbons (Fsp3) is 0.647. The molecule has 1 fully saturated rings. The van der Waals surface area contributed by atoms with E-state index in [9.17, 15) is 5.11 Å². The molecule has 1 aliphatic rings. The molecular formula is C17H28N2O. The summed E-state index contributed by atoms with van der Waals surface area (Å²) in [7, 11) is 2.13.